The van der Waals surface area contributed by atoms with E-state index in [-0.39, 0.29) is 34.0 Å². The van der Waals surface area contributed by atoms with Gasteiger partial charge in [0.2, 0.25) is 21.7 Å². The van der Waals surface area contributed by atoms with Crippen LogP contribution in [-0.4, -0.2) is 42.4 Å². The molecule has 50 heavy (non-hydrogen) atoms. The van der Waals surface area contributed by atoms with Gasteiger partial charge in [-0.15, -0.1) is 0 Å². The zero-order chi connectivity index (χ0) is 36.5. The van der Waals surface area contributed by atoms with Gasteiger partial charge in [-0.25, -0.2) is 35.2 Å². The molecular weight excluding hydrogens is 704 g/mol. The summed E-state index contributed by atoms with van der Waals surface area (Å²) in [4.78, 5) is 24.4. The van der Waals surface area contributed by atoms with Gasteiger partial charge in [0, 0.05) is 6.54 Å². The lowest BCUT2D eigenvalue weighted by Gasteiger charge is -2.29. The number of aromatic carboxylic acids is 1. The first-order chi connectivity index (χ1) is 23.5. The van der Waals surface area contributed by atoms with Crippen molar-refractivity contribution >= 4 is 27.6 Å². The van der Waals surface area contributed by atoms with Crippen molar-refractivity contribution in [3.05, 3.63) is 124 Å². The van der Waals surface area contributed by atoms with Crippen molar-refractivity contribution in [2.45, 2.75) is 43.1 Å². The third-order valence-electron chi connectivity index (χ3n) is 7.55. The van der Waals surface area contributed by atoms with Crippen molar-refractivity contribution in [1.29, 1.82) is 0 Å². The van der Waals surface area contributed by atoms with Crippen LogP contribution in [0.3, 0.4) is 0 Å². The number of benzene rings is 4. The molecule has 1 aliphatic rings. The molecule has 4 aromatic carbocycles. The Morgan fingerprint density at radius 1 is 0.800 bits per heavy atom. The zero-order valence-electron chi connectivity index (χ0n) is 25.4. The Kier molecular flexibility index (Phi) is 10.2. The maximum absolute atomic E-state index is 14.9. The highest BCUT2D eigenvalue weighted by Crippen LogP contribution is 2.38. The van der Waals surface area contributed by atoms with E-state index < -0.39 is 86.3 Å². The highest BCUT2D eigenvalue weighted by Gasteiger charge is 2.41. The van der Waals surface area contributed by atoms with Crippen LogP contribution in [-0.2, 0) is 34.1 Å². The van der Waals surface area contributed by atoms with Crippen LogP contribution >= 0.6 is 0 Å². The average Bonchev–Trinajstić information content (AvgIpc) is 3.89. The zero-order valence-corrected chi connectivity index (χ0v) is 26.2. The molecule has 8 nitrogen and oxygen atoms in total. The molecule has 1 N–H and O–H groups in total. The summed E-state index contributed by atoms with van der Waals surface area (Å²) >= 11 is 0. The van der Waals surface area contributed by atoms with Crippen LogP contribution in [0, 0.1) is 29.1 Å². The number of alkyl halides is 3. The fraction of sp³-hybridized carbons (Fsp3) is 0.212. The van der Waals surface area contributed by atoms with Crippen LogP contribution in [0.1, 0.15) is 39.9 Å². The Morgan fingerprint density at radius 2 is 1.38 bits per heavy atom. The number of amides is 1. The van der Waals surface area contributed by atoms with Gasteiger partial charge in [-0.05, 0) is 48.2 Å². The molecule has 5 rings (SSSR count). The third-order valence-corrected chi connectivity index (χ3v) is 9.36. The van der Waals surface area contributed by atoms with E-state index in [1.807, 2.05) is 0 Å². The summed E-state index contributed by atoms with van der Waals surface area (Å²) in [5.41, 5.74) is -2.18. The number of carboxylic acid groups (broad SMARTS) is 1. The van der Waals surface area contributed by atoms with Gasteiger partial charge in [0.05, 0.1) is 36.0 Å². The number of sulfonamides is 1. The summed E-state index contributed by atoms with van der Waals surface area (Å²) < 4.78 is 147. The van der Waals surface area contributed by atoms with Crippen LogP contribution < -0.4 is 9.64 Å². The first-order valence-corrected chi connectivity index (χ1v) is 16.0. The van der Waals surface area contributed by atoms with Crippen LogP contribution in [0.4, 0.5) is 40.8 Å². The highest BCUT2D eigenvalue weighted by atomic mass is 32.2. The Bertz CT molecular complexity index is 2030. The average molecular weight is 729 g/mol. The van der Waals surface area contributed by atoms with Gasteiger partial charge < -0.3 is 14.7 Å². The summed E-state index contributed by atoms with van der Waals surface area (Å²) in [6, 6.07) is 14.7. The van der Waals surface area contributed by atoms with Crippen molar-refractivity contribution in [2.75, 3.05) is 11.4 Å². The van der Waals surface area contributed by atoms with Crippen LogP contribution in [0.2, 0.25) is 0 Å². The van der Waals surface area contributed by atoms with Gasteiger partial charge in [0.25, 0.3) is 0 Å². The van der Waals surface area contributed by atoms with E-state index in [4.69, 9.17) is 4.74 Å². The monoisotopic (exact) mass is 728 g/mol. The predicted molar refractivity (Wildman–Crippen MR) is 160 cm³/mol. The lowest BCUT2D eigenvalue weighted by atomic mass is 10.1. The standard InChI is InChI=1S/C33H24F8N2O6S/c34-26-27(35)29(37)31(30(38)28(26)36)50(47,48)42(16-20-8-4-5-9-22(20)33(39,40)41)17-25(44)43(15-18-6-2-1-3-7-18)23-13-10-19(32(45)46)14-24(23)49-21-11-12-21/h1-10,13-14,21H,11-12,15-17H2,(H,45,46). The fourth-order valence-corrected chi connectivity index (χ4v) is 6.41. The Balaban J connectivity index is 1.66. The number of carbonyl (C=O) groups excluding carboxylic acids is 1. The number of nitrogens with zero attached hydrogens (tertiary/aromatic N) is 2. The first-order valence-electron chi connectivity index (χ1n) is 14.6. The summed E-state index contributed by atoms with van der Waals surface area (Å²) in [5, 5.41) is 9.54. The normalized spacial score (nSPS) is 13.4. The van der Waals surface area contributed by atoms with E-state index in [0.717, 1.165) is 35.2 Å². The smallest absolute Gasteiger partial charge is 0.416 e. The molecule has 0 bridgehead atoms. The molecule has 1 aliphatic carbocycles. The molecule has 1 fully saturated rings. The largest absolute Gasteiger partial charge is 0.488 e. The molecule has 0 aliphatic heterocycles. The number of hydrogen-bond acceptors (Lipinski definition) is 5. The van der Waals surface area contributed by atoms with Gasteiger partial charge in [0.15, 0.2) is 28.2 Å². The molecule has 264 valence electrons. The minimum Gasteiger partial charge on any atom is -0.488 e. The third kappa shape index (κ3) is 7.57. The number of carbonyl (C=O) groups is 2. The molecule has 0 atom stereocenters. The van der Waals surface area contributed by atoms with E-state index in [1.54, 1.807) is 30.3 Å². The van der Waals surface area contributed by atoms with Gasteiger partial charge in [-0.3, -0.25) is 4.79 Å². The lowest BCUT2D eigenvalue weighted by molar-refractivity contribution is -0.138. The molecule has 0 aromatic heterocycles. The number of hydrogen-bond donors (Lipinski definition) is 1. The van der Waals surface area contributed by atoms with Crippen molar-refractivity contribution in [3.8, 4) is 5.75 Å². The van der Waals surface area contributed by atoms with Gasteiger partial charge in [-0.2, -0.15) is 17.5 Å². The SMILES string of the molecule is O=C(O)c1ccc(N(Cc2ccccc2)C(=O)CN(Cc2ccccc2C(F)(F)F)S(=O)(=O)c2c(F)c(F)c(F)c(F)c2F)c(OC2CC2)c1. The van der Waals surface area contributed by atoms with E-state index in [0.29, 0.717) is 24.5 Å². The molecule has 17 heteroatoms. The number of rotatable bonds is 12. The highest BCUT2D eigenvalue weighted by molar-refractivity contribution is 7.89. The quantitative estimate of drug-likeness (QED) is 0.0952. The van der Waals surface area contributed by atoms with Gasteiger partial charge in [-0.1, -0.05) is 48.5 Å². The Hall–Kier alpha value is -5.03. The van der Waals surface area contributed by atoms with Crippen LogP contribution in [0.5, 0.6) is 5.75 Å². The number of anilines is 1. The second-order valence-electron chi connectivity index (χ2n) is 11.1. The van der Waals surface area contributed by atoms with Crippen molar-refractivity contribution in [1.82, 2.24) is 4.31 Å². The van der Waals surface area contributed by atoms with E-state index >= 15 is 0 Å². The number of ether oxygens (including phenoxy) is 1. The molecule has 4 aromatic rings. The Labute approximate surface area is 279 Å². The second-order valence-corrected chi connectivity index (χ2v) is 13.0. The molecule has 0 unspecified atom stereocenters. The molecule has 0 heterocycles. The molecular formula is C33H24F8N2O6S. The number of carboxylic acids is 1. The minimum absolute atomic E-state index is 0.111. The Morgan fingerprint density at radius 3 is 1.96 bits per heavy atom. The maximum atomic E-state index is 14.9. The van der Waals surface area contributed by atoms with Crippen LogP contribution in [0.15, 0.2) is 77.7 Å². The number of halogens is 8. The van der Waals surface area contributed by atoms with Crippen LogP contribution in [0.25, 0.3) is 0 Å². The minimum atomic E-state index is -5.99. The second kappa shape index (κ2) is 14.1. The van der Waals surface area contributed by atoms with Crippen molar-refractivity contribution in [2.24, 2.45) is 0 Å². The molecule has 0 radical (unpaired) electrons. The summed E-state index contributed by atoms with van der Waals surface area (Å²) in [6.07, 6.45) is -4.30. The van der Waals surface area contributed by atoms with Gasteiger partial charge in [0.1, 0.15) is 5.75 Å². The molecule has 0 saturated heterocycles. The molecule has 0 spiro atoms. The summed E-state index contributed by atoms with van der Waals surface area (Å²) in [5.74, 6) is -16.3. The summed E-state index contributed by atoms with van der Waals surface area (Å²) in [6.45, 7) is -3.28. The van der Waals surface area contributed by atoms with E-state index in [2.05, 4.69) is 0 Å². The lowest BCUT2D eigenvalue weighted by Crippen LogP contribution is -2.43. The van der Waals surface area contributed by atoms with E-state index in [9.17, 15) is 58.2 Å². The van der Waals surface area contributed by atoms with Crippen molar-refractivity contribution < 1.29 is 63.0 Å². The topological polar surface area (TPSA) is 104 Å². The van der Waals surface area contributed by atoms with E-state index in [1.165, 1.54) is 6.07 Å². The summed E-state index contributed by atoms with van der Waals surface area (Å²) in [7, 11) is -5.99. The fourth-order valence-electron chi connectivity index (χ4n) is 4.93. The predicted octanol–water partition coefficient (Wildman–Crippen LogP) is 7.06. The van der Waals surface area contributed by atoms with Gasteiger partial charge >= 0.3 is 12.1 Å². The maximum Gasteiger partial charge on any atom is 0.416 e. The molecule has 1 amide bonds. The van der Waals surface area contributed by atoms with Crippen molar-refractivity contribution in [3.63, 3.8) is 0 Å². The molecule has 1 saturated carbocycles. The first kappa shape index (κ1) is 36.3.